The second kappa shape index (κ2) is 6.17. The van der Waals surface area contributed by atoms with E-state index in [1.807, 2.05) is 24.3 Å². The summed E-state index contributed by atoms with van der Waals surface area (Å²) in [4.78, 5) is 12.5. The van der Waals surface area contributed by atoms with Gasteiger partial charge in [0.05, 0.1) is 7.11 Å². The molecule has 0 amide bonds. The molecule has 0 heterocycles. The molecule has 110 valence electrons. The summed E-state index contributed by atoms with van der Waals surface area (Å²) in [7, 11) is 1.47. The Labute approximate surface area is 129 Å². The highest BCUT2D eigenvalue weighted by Gasteiger charge is 2.48. The number of ether oxygens (including phenoxy) is 1. The number of hydrogen-bond acceptors (Lipinski definition) is 3. The van der Waals surface area contributed by atoms with Crippen molar-refractivity contribution in [2.45, 2.75) is 38.6 Å². The van der Waals surface area contributed by atoms with Crippen LogP contribution in [0.25, 0.3) is 0 Å². The topological polar surface area (TPSA) is 38.3 Å². The van der Waals surface area contributed by atoms with Crippen molar-refractivity contribution in [1.29, 1.82) is 0 Å². The summed E-state index contributed by atoms with van der Waals surface area (Å²) in [5, 5.41) is 3.47. The van der Waals surface area contributed by atoms with Crippen molar-refractivity contribution in [3.05, 3.63) is 28.7 Å². The molecule has 0 spiro atoms. The average molecular weight is 340 g/mol. The van der Waals surface area contributed by atoms with Crippen molar-refractivity contribution in [3.8, 4) is 0 Å². The van der Waals surface area contributed by atoms with E-state index in [0.717, 1.165) is 29.4 Å². The van der Waals surface area contributed by atoms with Crippen LogP contribution in [0.2, 0.25) is 0 Å². The van der Waals surface area contributed by atoms with Gasteiger partial charge in [-0.3, -0.25) is 0 Å². The third-order valence-electron chi connectivity index (χ3n) is 4.64. The summed E-state index contributed by atoms with van der Waals surface area (Å²) in [6.07, 6.45) is 3.02. The highest BCUT2D eigenvalue weighted by atomic mass is 79.9. The largest absolute Gasteiger partial charge is 0.467 e. The minimum Gasteiger partial charge on any atom is -0.467 e. The summed E-state index contributed by atoms with van der Waals surface area (Å²) >= 11 is 3.54. The Bertz CT molecular complexity index is 491. The van der Waals surface area contributed by atoms with Gasteiger partial charge in [0, 0.05) is 10.2 Å². The van der Waals surface area contributed by atoms with Crippen molar-refractivity contribution >= 4 is 27.6 Å². The highest BCUT2D eigenvalue weighted by Crippen LogP contribution is 2.41. The first-order valence-electron chi connectivity index (χ1n) is 7.12. The molecular weight excluding hydrogens is 318 g/mol. The van der Waals surface area contributed by atoms with Crippen LogP contribution in [0.5, 0.6) is 0 Å². The zero-order valence-corrected chi connectivity index (χ0v) is 13.9. The predicted molar refractivity (Wildman–Crippen MR) is 84.7 cm³/mol. The van der Waals surface area contributed by atoms with Crippen molar-refractivity contribution < 1.29 is 9.53 Å². The number of methoxy groups -OCH3 is 1. The van der Waals surface area contributed by atoms with E-state index in [-0.39, 0.29) is 11.9 Å². The number of halogens is 1. The molecule has 1 saturated carbocycles. The standard InChI is InChI=1S/C16H22BrNO2/c1-11-7-6-10-16(12(11)2,15(19)20-3)18-14-9-5-4-8-13(14)17/h4-5,8-9,11-12,18H,6-7,10H2,1-3H3. The van der Waals surface area contributed by atoms with Crippen LogP contribution in [0.15, 0.2) is 28.7 Å². The van der Waals surface area contributed by atoms with Gasteiger partial charge in [0.25, 0.3) is 0 Å². The molecule has 0 aliphatic heterocycles. The summed E-state index contributed by atoms with van der Waals surface area (Å²) in [6.45, 7) is 4.35. The lowest BCUT2D eigenvalue weighted by molar-refractivity contribution is -0.150. The monoisotopic (exact) mass is 339 g/mol. The molecule has 1 aliphatic rings. The fraction of sp³-hybridized carbons (Fsp3) is 0.562. The van der Waals surface area contributed by atoms with Gasteiger partial charge < -0.3 is 10.1 Å². The van der Waals surface area contributed by atoms with E-state index in [9.17, 15) is 4.79 Å². The van der Waals surface area contributed by atoms with E-state index in [4.69, 9.17) is 4.74 Å². The molecule has 2 rings (SSSR count). The van der Waals surface area contributed by atoms with E-state index >= 15 is 0 Å². The molecule has 1 fully saturated rings. The number of rotatable bonds is 3. The number of esters is 1. The zero-order chi connectivity index (χ0) is 14.8. The van der Waals surface area contributed by atoms with Crippen molar-refractivity contribution in [1.82, 2.24) is 0 Å². The number of anilines is 1. The number of para-hydroxylation sites is 1. The molecule has 20 heavy (non-hydrogen) atoms. The predicted octanol–water partition coefficient (Wildman–Crippen LogP) is 4.23. The summed E-state index contributed by atoms with van der Waals surface area (Å²) in [6, 6.07) is 7.90. The number of benzene rings is 1. The summed E-state index contributed by atoms with van der Waals surface area (Å²) in [5.74, 6) is 0.570. The first kappa shape index (κ1) is 15.4. The summed E-state index contributed by atoms with van der Waals surface area (Å²) in [5.41, 5.74) is 0.315. The van der Waals surface area contributed by atoms with Crippen LogP contribution < -0.4 is 5.32 Å². The van der Waals surface area contributed by atoms with Crippen LogP contribution in [-0.4, -0.2) is 18.6 Å². The van der Waals surface area contributed by atoms with Gasteiger partial charge in [0.1, 0.15) is 5.54 Å². The number of hydrogen-bond donors (Lipinski definition) is 1. The first-order chi connectivity index (χ1) is 9.51. The van der Waals surface area contributed by atoms with E-state index in [2.05, 4.69) is 35.1 Å². The Morgan fingerprint density at radius 1 is 1.40 bits per heavy atom. The van der Waals surface area contributed by atoms with Gasteiger partial charge in [0.2, 0.25) is 0 Å². The second-order valence-electron chi connectivity index (χ2n) is 5.73. The molecule has 0 bridgehead atoms. The van der Waals surface area contributed by atoms with Gasteiger partial charge in [-0.1, -0.05) is 38.8 Å². The molecule has 3 nitrogen and oxygen atoms in total. The molecule has 1 aromatic rings. The fourth-order valence-electron chi connectivity index (χ4n) is 3.17. The van der Waals surface area contributed by atoms with Crippen molar-refractivity contribution in [3.63, 3.8) is 0 Å². The second-order valence-corrected chi connectivity index (χ2v) is 6.58. The van der Waals surface area contributed by atoms with E-state index in [1.165, 1.54) is 7.11 Å². The molecule has 3 atom stereocenters. The first-order valence-corrected chi connectivity index (χ1v) is 7.91. The quantitative estimate of drug-likeness (QED) is 0.837. The maximum Gasteiger partial charge on any atom is 0.331 e. The fourth-order valence-corrected chi connectivity index (χ4v) is 3.55. The van der Waals surface area contributed by atoms with Gasteiger partial charge in [0.15, 0.2) is 0 Å². The lowest BCUT2D eigenvalue weighted by Gasteiger charge is -2.44. The van der Waals surface area contributed by atoms with Crippen LogP contribution in [0.4, 0.5) is 5.69 Å². The number of nitrogens with one attached hydrogen (secondary N) is 1. The van der Waals surface area contributed by atoms with Gasteiger partial charge in [-0.05, 0) is 46.3 Å². The van der Waals surface area contributed by atoms with Gasteiger partial charge >= 0.3 is 5.97 Å². The maximum absolute atomic E-state index is 12.5. The smallest absolute Gasteiger partial charge is 0.331 e. The maximum atomic E-state index is 12.5. The Morgan fingerprint density at radius 3 is 2.75 bits per heavy atom. The Kier molecular flexibility index (Phi) is 4.74. The molecule has 1 aliphatic carbocycles. The van der Waals surface area contributed by atoms with Crippen molar-refractivity contribution in [2.75, 3.05) is 12.4 Å². The molecule has 0 radical (unpaired) electrons. The zero-order valence-electron chi connectivity index (χ0n) is 12.3. The molecular formula is C16H22BrNO2. The number of carbonyl (C=O) groups excluding carboxylic acids is 1. The average Bonchev–Trinajstić information content (AvgIpc) is 2.45. The molecule has 1 aromatic carbocycles. The van der Waals surface area contributed by atoms with Crippen LogP contribution in [0.3, 0.4) is 0 Å². The normalized spacial score (nSPS) is 29.8. The third kappa shape index (κ3) is 2.71. The van der Waals surface area contributed by atoms with Crippen LogP contribution in [0.1, 0.15) is 33.1 Å². The molecule has 4 heteroatoms. The Morgan fingerprint density at radius 2 is 2.10 bits per heavy atom. The van der Waals surface area contributed by atoms with Gasteiger partial charge in [-0.2, -0.15) is 0 Å². The summed E-state index contributed by atoms with van der Waals surface area (Å²) < 4.78 is 6.07. The molecule has 1 N–H and O–H groups in total. The minimum atomic E-state index is -0.629. The Hall–Kier alpha value is -1.03. The lowest BCUT2D eigenvalue weighted by Crippen LogP contribution is -2.56. The molecule has 0 saturated heterocycles. The highest BCUT2D eigenvalue weighted by molar-refractivity contribution is 9.10. The SMILES string of the molecule is COC(=O)C1(Nc2ccccc2Br)CCCC(C)C1C. The van der Waals surface area contributed by atoms with E-state index in [0.29, 0.717) is 5.92 Å². The minimum absolute atomic E-state index is 0.160. The Balaban J connectivity index is 2.38. The van der Waals surface area contributed by atoms with Gasteiger partial charge in [-0.25, -0.2) is 4.79 Å². The molecule has 0 aromatic heterocycles. The van der Waals surface area contributed by atoms with E-state index < -0.39 is 5.54 Å². The third-order valence-corrected chi connectivity index (χ3v) is 5.33. The van der Waals surface area contributed by atoms with Crippen molar-refractivity contribution in [2.24, 2.45) is 11.8 Å². The van der Waals surface area contributed by atoms with Gasteiger partial charge in [-0.15, -0.1) is 0 Å². The van der Waals surface area contributed by atoms with Crippen LogP contribution in [-0.2, 0) is 9.53 Å². The van der Waals surface area contributed by atoms with E-state index in [1.54, 1.807) is 0 Å². The number of carbonyl (C=O) groups is 1. The lowest BCUT2D eigenvalue weighted by atomic mass is 9.68. The van der Waals surface area contributed by atoms with Crippen LogP contribution in [0, 0.1) is 11.8 Å². The molecule has 3 unspecified atom stereocenters. The van der Waals surface area contributed by atoms with Crippen LogP contribution >= 0.6 is 15.9 Å².